The van der Waals surface area contributed by atoms with Crippen molar-refractivity contribution in [1.82, 2.24) is 5.32 Å². The van der Waals surface area contributed by atoms with E-state index in [1.807, 2.05) is 42.5 Å². The van der Waals surface area contributed by atoms with Gasteiger partial charge in [0, 0.05) is 0 Å². The van der Waals surface area contributed by atoms with E-state index in [2.05, 4.69) is 5.32 Å². The SMILES string of the molecule is O=C1NC(=O)/C(=C/c2ccc3ccccc3c2)O1. The number of imide groups is 1. The first-order valence-electron chi connectivity index (χ1n) is 5.46. The van der Waals surface area contributed by atoms with Crippen molar-refractivity contribution in [3.63, 3.8) is 0 Å². The Labute approximate surface area is 103 Å². The van der Waals surface area contributed by atoms with Crippen molar-refractivity contribution in [2.45, 2.75) is 0 Å². The van der Waals surface area contributed by atoms with Gasteiger partial charge in [-0.05, 0) is 28.5 Å². The molecule has 0 saturated carbocycles. The number of benzene rings is 2. The summed E-state index contributed by atoms with van der Waals surface area (Å²) in [6, 6.07) is 13.7. The number of hydrogen-bond donors (Lipinski definition) is 1. The third-order valence-electron chi connectivity index (χ3n) is 2.71. The maximum atomic E-state index is 11.3. The number of carbonyl (C=O) groups is 2. The van der Waals surface area contributed by atoms with E-state index in [9.17, 15) is 9.59 Å². The van der Waals surface area contributed by atoms with Crippen molar-refractivity contribution in [3.8, 4) is 0 Å². The van der Waals surface area contributed by atoms with Gasteiger partial charge in [0.05, 0.1) is 0 Å². The van der Waals surface area contributed by atoms with Gasteiger partial charge in [0.1, 0.15) is 0 Å². The van der Waals surface area contributed by atoms with Crippen LogP contribution in [0.2, 0.25) is 0 Å². The zero-order valence-corrected chi connectivity index (χ0v) is 9.34. The smallest absolute Gasteiger partial charge is 0.404 e. The number of carbonyl (C=O) groups excluding carboxylic acids is 2. The third-order valence-corrected chi connectivity index (χ3v) is 2.71. The van der Waals surface area contributed by atoms with E-state index < -0.39 is 12.0 Å². The van der Waals surface area contributed by atoms with Gasteiger partial charge in [-0.15, -0.1) is 0 Å². The van der Waals surface area contributed by atoms with Crippen LogP contribution in [0.3, 0.4) is 0 Å². The molecule has 3 rings (SSSR count). The molecule has 0 aliphatic carbocycles. The molecule has 0 atom stereocenters. The number of cyclic esters (lactones) is 1. The fourth-order valence-electron chi connectivity index (χ4n) is 1.87. The molecule has 1 aliphatic rings. The minimum atomic E-state index is -0.730. The van der Waals surface area contributed by atoms with Gasteiger partial charge in [0.25, 0.3) is 5.91 Å². The molecule has 4 heteroatoms. The van der Waals surface area contributed by atoms with Gasteiger partial charge >= 0.3 is 6.09 Å². The van der Waals surface area contributed by atoms with Crippen molar-refractivity contribution >= 4 is 28.8 Å². The number of amides is 2. The lowest BCUT2D eigenvalue weighted by Crippen LogP contribution is -2.18. The van der Waals surface area contributed by atoms with Crippen LogP contribution in [-0.2, 0) is 9.53 Å². The summed E-state index contributed by atoms with van der Waals surface area (Å²) in [5, 5.41) is 4.24. The van der Waals surface area contributed by atoms with Crippen LogP contribution in [0.4, 0.5) is 4.79 Å². The van der Waals surface area contributed by atoms with Crippen LogP contribution >= 0.6 is 0 Å². The van der Waals surface area contributed by atoms with E-state index in [-0.39, 0.29) is 5.76 Å². The van der Waals surface area contributed by atoms with Gasteiger partial charge in [-0.3, -0.25) is 10.1 Å². The molecule has 0 bridgehead atoms. The normalized spacial score (nSPS) is 17.0. The Bertz CT molecular complexity index is 688. The van der Waals surface area contributed by atoms with Gasteiger partial charge in [-0.2, -0.15) is 0 Å². The van der Waals surface area contributed by atoms with Crippen LogP contribution in [0.5, 0.6) is 0 Å². The van der Waals surface area contributed by atoms with Gasteiger partial charge < -0.3 is 4.74 Å². The molecule has 1 saturated heterocycles. The summed E-state index contributed by atoms with van der Waals surface area (Å²) in [4.78, 5) is 22.2. The molecule has 1 fully saturated rings. The molecule has 1 aliphatic heterocycles. The summed E-state index contributed by atoms with van der Waals surface area (Å²) in [6.07, 6.45) is 0.819. The average Bonchev–Trinajstić information content (AvgIpc) is 2.68. The largest absolute Gasteiger partial charge is 0.419 e. The maximum Gasteiger partial charge on any atom is 0.419 e. The van der Waals surface area contributed by atoms with Crippen LogP contribution in [0.15, 0.2) is 48.2 Å². The molecule has 2 aromatic rings. The zero-order valence-electron chi connectivity index (χ0n) is 9.34. The average molecular weight is 239 g/mol. The van der Waals surface area contributed by atoms with E-state index in [1.54, 1.807) is 6.08 Å². The first-order valence-corrected chi connectivity index (χ1v) is 5.46. The zero-order chi connectivity index (χ0) is 12.5. The quantitative estimate of drug-likeness (QED) is 0.777. The Morgan fingerprint density at radius 1 is 1.00 bits per heavy atom. The molecule has 0 unspecified atom stereocenters. The molecule has 0 aromatic heterocycles. The Morgan fingerprint density at radius 2 is 1.78 bits per heavy atom. The lowest BCUT2D eigenvalue weighted by atomic mass is 10.1. The number of fused-ring (bicyclic) bond motifs is 1. The Balaban J connectivity index is 2.02. The van der Waals surface area contributed by atoms with E-state index in [0.29, 0.717) is 0 Å². The summed E-state index contributed by atoms with van der Waals surface area (Å²) >= 11 is 0. The second-order valence-electron chi connectivity index (χ2n) is 3.96. The summed E-state index contributed by atoms with van der Waals surface area (Å²) in [5.41, 5.74) is 0.813. The molecular weight excluding hydrogens is 230 g/mol. The third kappa shape index (κ3) is 1.84. The fourth-order valence-corrected chi connectivity index (χ4v) is 1.87. The Kier molecular flexibility index (Phi) is 2.34. The standard InChI is InChI=1S/C14H9NO3/c16-13-12(18-14(17)15-13)8-9-5-6-10-3-1-2-4-11(10)7-9/h1-8H,(H,15,16,17)/b12-8-. The highest BCUT2D eigenvalue weighted by molar-refractivity contribution is 6.10. The second kappa shape index (κ2) is 4.00. The van der Waals surface area contributed by atoms with Crippen LogP contribution < -0.4 is 5.32 Å². The van der Waals surface area contributed by atoms with Crippen molar-refractivity contribution < 1.29 is 14.3 Å². The van der Waals surface area contributed by atoms with Crippen molar-refractivity contribution in [2.75, 3.05) is 0 Å². The molecule has 0 spiro atoms. The molecule has 2 amide bonds. The van der Waals surface area contributed by atoms with Crippen LogP contribution in [-0.4, -0.2) is 12.0 Å². The summed E-state index contributed by atoms with van der Waals surface area (Å²) in [5.74, 6) is -0.483. The first-order chi connectivity index (χ1) is 8.72. The minimum Gasteiger partial charge on any atom is -0.404 e. The number of nitrogens with one attached hydrogen (secondary N) is 1. The molecular formula is C14H9NO3. The molecule has 1 heterocycles. The van der Waals surface area contributed by atoms with Gasteiger partial charge in [-0.1, -0.05) is 36.4 Å². The lowest BCUT2D eigenvalue weighted by molar-refractivity contribution is -0.116. The van der Waals surface area contributed by atoms with E-state index in [0.717, 1.165) is 16.3 Å². The topological polar surface area (TPSA) is 55.4 Å². The van der Waals surface area contributed by atoms with Crippen LogP contribution in [0, 0.1) is 0 Å². The summed E-state index contributed by atoms with van der Waals surface area (Å²) in [6.45, 7) is 0. The van der Waals surface area contributed by atoms with Crippen LogP contribution in [0.25, 0.3) is 16.8 Å². The van der Waals surface area contributed by atoms with Crippen molar-refractivity contribution in [1.29, 1.82) is 0 Å². The van der Waals surface area contributed by atoms with E-state index in [4.69, 9.17) is 4.74 Å². The predicted octanol–water partition coefficient (Wildman–Crippen LogP) is 2.45. The van der Waals surface area contributed by atoms with Crippen molar-refractivity contribution in [3.05, 3.63) is 53.8 Å². The van der Waals surface area contributed by atoms with E-state index in [1.165, 1.54) is 0 Å². The number of ether oxygens (including phenoxy) is 1. The summed E-state index contributed by atoms with van der Waals surface area (Å²) < 4.78 is 4.75. The molecule has 4 nitrogen and oxygen atoms in total. The van der Waals surface area contributed by atoms with Crippen LogP contribution in [0.1, 0.15) is 5.56 Å². The highest BCUT2D eigenvalue weighted by atomic mass is 16.6. The minimum absolute atomic E-state index is 0.0234. The number of rotatable bonds is 1. The first kappa shape index (κ1) is 10.5. The van der Waals surface area contributed by atoms with Gasteiger partial charge in [0.2, 0.25) is 0 Å². The monoisotopic (exact) mass is 239 g/mol. The molecule has 1 N–H and O–H groups in total. The predicted molar refractivity (Wildman–Crippen MR) is 66.5 cm³/mol. The molecule has 18 heavy (non-hydrogen) atoms. The highest BCUT2D eigenvalue weighted by Crippen LogP contribution is 2.19. The number of hydrogen-bond acceptors (Lipinski definition) is 3. The molecule has 88 valence electrons. The van der Waals surface area contributed by atoms with Crippen molar-refractivity contribution in [2.24, 2.45) is 0 Å². The van der Waals surface area contributed by atoms with Gasteiger partial charge in [0.15, 0.2) is 5.76 Å². The Morgan fingerprint density at radius 3 is 2.50 bits per heavy atom. The fraction of sp³-hybridized carbons (Fsp3) is 0. The summed E-state index contributed by atoms with van der Waals surface area (Å²) in [7, 11) is 0. The Hall–Kier alpha value is -2.62. The maximum absolute atomic E-state index is 11.3. The number of alkyl carbamates (subject to hydrolysis) is 1. The lowest BCUT2D eigenvalue weighted by Gasteiger charge is -1.99. The van der Waals surface area contributed by atoms with E-state index >= 15 is 0 Å². The molecule has 0 radical (unpaired) electrons. The highest BCUT2D eigenvalue weighted by Gasteiger charge is 2.25. The molecule has 2 aromatic carbocycles. The van der Waals surface area contributed by atoms with Gasteiger partial charge in [-0.25, -0.2) is 4.79 Å². The second-order valence-corrected chi connectivity index (χ2v) is 3.96.